The number of urea groups is 1. The third kappa shape index (κ3) is 4.83. The Morgan fingerprint density at radius 2 is 2.32 bits per heavy atom. The summed E-state index contributed by atoms with van der Waals surface area (Å²) in [5.74, 6) is 0.302. The molecule has 19 heavy (non-hydrogen) atoms. The Kier molecular flexibility index (Phi) is 4.81. The van der Waals surface area contributed by atoms with Gasteiger partial charge in [0.15, 0.2) is 9.84 Å². The standard InChI is InChI=1S/C12H18N2O3S2/c15-12(13-6-5-11-4-1-7-18-11)14-10-3-2-8-19(16,17)9-10/h1,4,7,10H,2-3,5-6,8-9H2,(H2,13,14,15). The van der Waals surface area contributed by atoms with Crippen molar-refractivity contribution >= 4 is 27.2 Å². The monoisotopic (exact) mass is 302 g/mol. The summed E-state index contributed by atoms with van der Waals surface area (Å²) >= 11 is 1.66. The highest BCUT2D eigenvalue weighted by Gasteiger charge is 2.25. The fraction of sp³-hybridized carbons (Fsp3) is 0.583. The van der Waals surface area contributed by atoms with Crippen LogP contribution in [0.3, 0.4) is 0 Å². The average Bonchev–Trinajstić information content (AvgIpc) is 2.80. The van der Waals surface area contributed by atoms with Gasteiger partial charge in [0.1, 0.15) is 0 Å². The van der Waals surface area contributed by atoms with Crippen molar-refractivity contribution < 1.29 is 13.2 Å². The molecule has 0 aliphatic carbocycles. The molecule has 1 atom stereocenters. The van der Waals surface area contributed by atoms with Crippen molar-refractivity contribution in [2.45, 2.75) is 25.3 Å². The topological polar surface area (TPSA) is 75.3 Å². The molecule has 0 saturated carbocycles. The van der Waals surface area contributed by atoms with Gasteiger partial charge in [0, 0.05) is 17.5 Å². The minimum absolute atomic E-state index is 0.0609. The number of hydrogen-bond donors (Lipinski definition) is 2. The third-order valence-electron chi connectivity index (χ3n) is 3.04. The molecule has 1 fully saturated rings. The maximum atomic E-state index is 11.6. The van der Waals surface area contributed by atoms with Gasteiger partial charge in [0.25, 0.3) is 0 Å². The zero-order valence-corrected chi connectivity index (χ0v) is 12.2. The molecule has 1 saturated heterocycles. The largest absolute Gasteiger partial charge is 0.338 e. The zero-order valence-electron chi connectivity index (χ0n) is 10.6. The first-order chi connectivity index (χ1) is 9.05. The van der Waals surface area contributed by atoms with Crippen molar-refractivity contribution in [2.75, 3.05) is 18.1 Å². The molecule has 2 amide bonds. The highest BCUT2D eigenvalue weighted by molar-refractivity contribution is 7.91. The van der Waals surface area contributed by atoms with Gasteiger partial charge in [-0.05, 0) is 30.7 Å². The predicted molar refractivity (Wildman–Crippen MR) is 76.2 cm³/mol. The second-order valence-corrected chi connectivity index (χ2v) is 7.94. The summed E-state index contributed by atoms with van der Waals surface area (Å²) in [5.41, 5.74) is 0. The lowest BCUT2D eigenvalue weighted by atomic mass is 10.2. The molecule has 2 heterocycles. The molecule has 1 aromatic heterocycles. The Morgan fingerprint density at radius 3 is 3.00 bits per heavy atom. The Hall–Kier alpha value is -1.08. The van der Waals surface area contributed by atoms with Crippen LogP contribution in [0.2, 0.25) is 0 Å². The Balaban J connectivity index is 1.69. The van der Waals surface area contributed by atoms with E-state index >= 15 is 0 Å². The number of carbonyl (C=O) groups is 1. The number of amides is 2. The predicted octanol–water partition coefficient (Wildman–Crippen LogP) is 1.17. The summed E-state index contributed by atoms with van der Waals surface area (Å²) in [7, 11) is -2.97. The van der Waals surface area contributed by atoms with Crippen LogP contribution in [0.1, 0.15) is 17.7 Å². The van der Waals surface area contributed by atoms with Gasteiger partial charge in [-0.25, -0.2) is 13.2 Å². The molecule has 0 radical (unpaired) electrons. The van der Waals surface area contributed by atoms with Gasteiger partial charge < -0.3 is 10.6 Å². The molecule has 2 N–H and O–H groups in total. The third-order valence-corrected chi connectivity index (χ3v) is 5.79. The lowest BCUT2D eigenvalue weighted by molar-refractivity contribution is 0.237. The van der Waals surface area contributed by atoms with Crippen LogP contribution in [0.25, 0.3) is 0 Å². The SMILES string of the molecule is O=C(NCCc1cccs1)NC1CCCS(=O)(=O)C1. The van der Waals surface area contributed by atoms with Gasteiger partial charge in [0.2, 0.25) is 0 Å². The highest BCUT2D eigenvalue weighted by Crippen LogP contribution is 2.12. The van der Waals surface area contributed by atoms with E-state index < -0.39 is 9.84 Å². The highest BCUT2D eigenvalue weighted by atomic mass is 32.2. The first-order valence-corrected chi connectivity index (χ1v) is 9.02. The van der Waals surface area contributed by atoms with Crippen molar-refractivity contribution in [3.63, 3.8) is 0 Å². The molecule has 7 heteroatoms. The normalized spacial score (nSPS) is 21.8. The van der Waals surface area contributed by atoms with E-state index in [1.54, 1.807) is 11.3 Å². The van der Waals surface area contributed by atoms with Crippen molar-refractivity contribution in [3.8, 4) is 0 Å². The minimum atomic E-state index is -2.97. The molecule has 0 spiro atoms. The van der Waals surface area contributed by atoms with Crippen molar-refractivity contribution in [1.29, 1.82) is 0 Å². The molecular formula is C12H18N2O3S2. The van der Waals surface area contributed by atoms with E-state index in [1.165, 1.54) is 4.88 Å². The van der Waals surface area contributed by atoms with Crippen LogP contribution in [0.4, 0.5) is 4.79 Å². The Bertz CT molecular complexity index is 511. The number of rotatable bonds is 4. The molecule has 2 rings (SSSR count). The van der Waals surface area contributed by atoms with E-state index in [0.29, 0.717) is 13.0 Å². The molecule has 0 aromatic carbocycles. The Morgan fingerprint density at radius 1 is 1.47 bits per heavy atom. The molecular weight excluding hydrogens is 284 g/mol. The van der Waals surface area contributed by atoms with Crippen LogP contribution >= 0.6 is 11.3 Å². The average molecular weight is 302 g/mol. The number of sulfone groups is 1. The fourth-order valence-corrected chi connectivity index (χ4v) is 4.47. The molecule has 1 unspecified atom stereocenters. The molecule has 0 bridgehead atoms. The number of nitrogens with one attached hydrogen (secondary N) is 2. The minimum Gasteiger partial charge on any atom is -0.338 e. The van der Waals surface area contributed by atoms with Gasteiger partial charge in [-0.1, -0.05) is 6.07 Å². The second-order valence-electron chi connectivity index (χ2n) is 4.68. The van der Waals surface area contributed by atoms with E-state index in [0.717, 1.165) is 12.8 Å². The Labute approximate surface area is 117 Å². The first kappa shape index (κ1) is 14.3. The summed E-state index contributed by atoms with van der Waals surface area (Å²) < 4.78 is 22.9. The fourth-order valence-electron chi connectivity index (χ4n) is 2.13. The van der Waals surface area contributed by atoms with E-state index in [-0.39, 0.29) is 23.6 Å². The molecule has 1 aromatic rings. The van der Waals surface area contributed by atoms with E-state index in [4.69, 9.17) is 0 Å². The number of hydrogen-bond acceptors (Lipinski definition) is 4. The summed E-state index contributed by atoms with van der Waals surface area (Å²) in [5, 5.41) is 7.49. The number of carbonyl (C=O) groups excluding carboxylic acids is 1. The van der Waals surface area contributed by atoms with Gasteiger partial charge in [0.05, 0.1) is 11.5 Å². The van der Waals surface area contributed by atoms with Crippen LogP contribution in [0, 0.1) is 0 Å². The second kappa shape index (κ2) is 6.38. The lowest BCUT2D eigenvalue weighted by Crippen LogP contribution is -2.47. The summed E-state index contributed by atoms with van der Waals surface area (Å²) in [6, 6.07) is 3.48. The maximum absolute atomic E-state index is 11.6. The summed E-state index contributed by atoms with van der Waals surface area (Å²) in [6.07, 6.45) is 2.16. The molecule has 1 aliphatic rings. The summed E-state index contributed by atoms with van der Waals surface area (Å²) in [6.45, 7) is 0.561. The maximum Gasteiger partial charge on any atom is 0.315 e. The first-order valence-electron chi connectivity index (χ1n) is 6.32. The van der Waals surface area contributed by atoms with Crippen LogP contribution in [-0.4, -0.2) is 38.5 Å². The zero-order chi connectivity index (χ0) is 13.7. The van der Waals surface area contributed by atoms with Crippen molar-refractivity contribution in [2.24, 2.45) is 0 Å². The van der Waals surface area contributed by atoms with Crippen LogP contribution in [0.15, 0.2) is 17.5 Å². The van der Waals surface area contributed by atoms with Crippen molar-refractivity contribution in [3.05, 3.63) is 22.4 Å². The molecule has 5 nitrogen and oxygen atoms in total. The molecule has 1 aliphatic heterocycles. The van der Waals surface area contributed by atoms with Gasteiger partial charge in [-0.2, -0.15) is 0 Å². The van der Waals surface area contributed by atoms with Crippen LogP contribution < -0.4 is 10.6 Å². The van der Waals surface area contributed by atoms with E-state index in [1.807, 2.05) is 17.5 Å². The summed E-state index contributed by atoms with van der Waals surface area (Å²) in [4.78, 5) is 12.9. The van der Waals surface area contributed by atoms with Gasteiger partial charge >= 0.3 is 6.03 Å². The molecule has 106 valence electrons. The lowest BCUT2D eigenvalue weighted by Gasteiger charge is -2.23. The van der Waals surface area contributed by atoms with Gasteiger partial charge in [-0.3, -0.25) is 0 Å². The van der Waals surface area contributed by atoms with Crippen LogP contribution in [-0.2, 0) is 16.3 Å². The van der Waals surface area contributed by atoms with Gasteiger partial charge in [-0.15, -0.1) is 11.3 Å². The number of thiophene rings is 1. The smallest absolute Gasteiger partial charge is 0.315 e. The van der Waals surface area contributed by atoms with Crippen molar-refractivity contribution in [1.82, 2.24) is 10.6 Å². The van der Waals surface area contributed by atoms with E-state index in [9.17, 15) is 13.2 Å². The van der Waals surface area contributed by atoms with Crippen LogP contribution in [0.5, 0.6) is 0 Å². The van der Waals surface area contributed by atoms with E-state index in [2.05, 4.69) is 10.6 Å². The quantitative estimate of drug-likeness (QED) is 0.876.